The van der Waals surface area contributed by atoms with Crippen molar-refractivity contribution in [3.8, 4) is 5.75 Å². The second kappa shape index (κ2) is 6.43. The lowest BCUT2D eigenvalue weighted by Gasteiger charge is -2.32. The van der Waals surface area contributed by atoms with Gasteiger partial charge in [0.05, 0.1) is 26.4 Å². The Morgan fingerprint density at radius 1 is 1.40 bits per heavy atom. The first-order valence-corrected chi connectivity index (χ1v) is 6.49. The van der Waals surface area contributed by atoms with Crippen molar-refractivity contribution in [1.82, 2.24) is 5.32 Å². The minimum Gasteiger partial charge on any atom is -0.497 e. The summed E-state index contributed by atoms with van der Waals surface area (Å²) >= 11 is 0. The molecule has 1 aromatic rings. The Bertz CT molecular complexity index is 500. The minimum absolute atomic E-state index is 0.0239. The van der Waals surface area contributed by atoms with E-state index in [9.17, 15) is 9.90 Å². The van der Waals surface area contributed by atoms with E-state index in [1.54, 1.807) is 13.2 Å². The summed E-state index contributed by atoms with van der Waals surface area (Å²) in [6.45, 7) is 0. The fraction of sp³-hybridized carbons (Fsp3) is 0.400. The van der Waals surface area contributed by atoms with Crippen molar-refractivity contribution in [2.75, 3.05) is 14.2 Å². The number of benzene rings is 1. The van der Waals surface area contributed by atoms with Crippen molar-refractivity contribution >= 4 is 6.09 Å². The zero-order chi connectivity index (χ0) is 14.5. The van der Waals surface area contributed by atoms with Crippen LogP contribution < -0.4 is 10.1 Å². The highest BCUT2D eigenvalue weighted by Crippen LogP contribution is 2.31. The highest BCUT2D eigenvalue weighted by Gasteiger charge is 2.32. The quantitative estimate of drug-likeness (QED) is 0.827. The van der Waals surface area contributed by atoms with Gasteiger partial charge in [-0.05, 0) is 24.1 Å². The molecule has 1 aromatic carbocycles. The zero-order valence-electron chi connectivity index (χ0n) is 11.6. The monoisotopic (exact) mass is 277 g/mol. The second-order valence-corrected chi connectivity index (χ2v) is 4.70. The molecule has 3 atom stereocenters. The van der Waals surface area contributed by atoms with Crippen LogP contribution >= 0.6 is 0 Å². The highest BCUT2D eigenvalue weighted by atomic mass is 16.5. The van der Waals surface area contributed by atoms with E-state index in [2.05, 4.69) is 10.1 Å². The summed E-state index contributed by atoms with van der Waals surface area (Å²) in [5.41, 5.74) is 1.01. The van der Waals surface area contributed by atoms with E-state index in [4.69, 9.17) is 4.74 Å². The maximum Gasteiger partial charge on any atom is 0.407 e. The molecule has 2 rings (SSSR count). The molecule has 0 saturated heterocycles. The van der Waals surface area contributed by atoms with Gasteiger partial charge in [-0.1, -0.05) is 24.3 Å². The maximum atomic E-state index is 11.4. The Morgan fingerprint density at radius 2 is 2.20 bits per heavy atom. The summed E-state index contributed by atoms with van der Waals surface area (Å²) in [6, 6.07) is 7.22. The summed E-state index contributed by atoms with van der Waals surface area (Å²) in [5, 5.41) is 12.8. The number of carbonyl (C=O) groups is 1. The fourth-order valence-corrected chi connectivity index (χ4v) is 2.47. The van der Waals surface area contributed by atoms with Crippen molar-refractivity contribution in [2.45, 2.75) is 24.5 Å². The lowest BCUT2D eigenvalue weighted by atomic mass is 9.82. The maximum absolute atomic E-state index is 11.4. The number of nitrogens with one attached hydrogen (secondary N) is 1. The Hall–Kier alpha value is -2.01. The molecule has 1 aliphatic carbocycles. The summed E-state index contributed by atoms with van der Waals surface area (Å²) < 4.78 is 9.84. The van der Waals surface area contributed by atoms with E-state index in [0.717, 1.165) is 17.7 Å². The molecule has 0 unspecified atom stereocenters. The predicted molar refractivity (Wildman–Crippen MR) is 74.8 cm³/mol. The van der Waals surface area contributed by atoms with Gasteiger partial charge in [-0.2, -0.15) is 0 Å². The first-order valence-electron chi connectivity index (χ1n) is 6.49. The minimum atomic E-state index is -0.737. The van der Waals surface area contributed by atoms with Crippen LogP contribution in [-0.4, -0.2) is 37.6 Å². The summed E-state index contributed by atoms with van der Waals surface area (Å²) in [4.78, 5) is 11.4. The molecule has 5 heteroatoms. The summed E-state index contributed by atoms with van der Waals surface area (Å²) in [5.74, 6) is 0.729. The first-order chi connectivity index (χ1) is 9.65. The molecule has 20 heavy (non-hydrogen) atoms. The van der Waals surface area contributed by atoms with Gasteiger partial charge >= 0.3 is 6.09 Å². The number of carbonyl (C=O) groups excluding carboxylic acids is 1. The SMILES string of the molecule is COC(=O)N[C@H]1[C@H](O)C=CC[C@@H]1c1cccc(OC)c1. The first kappa shape index (κ1) is 14.4. The largest absolute Gasteiger partial charge is 0.497 e. The van der Waals surface area contributed by atoms with Crippen LogP contribution in [0.4, 0.5) is 4.79 Å². The molecule has 5 nitrogen and oxygen atoms in total. The topological polar surface area (TPSA) is 67.8 Å². The van der Waals surface area contributed by atoms with Crippen molar-refractivity contribution in [3.63, 3.8) is 0 Å². The molecule has 1 aliphatic rings. The Balaban J connectivity index is 2.26. The lowest BCUT2D eigenvalue weighted by molar-refractivity contribution is 0.125. The van der Waals surface area contributed by atoms with E-state index >= 15 is 0 Å². The number of methoxy groups -OCH3 is 2. The molecule has 0 heterocycles. The summed E-state index contributed by atoms with van der Waals surface area (Å²) in [7, 11) is 2.92. The number of aliphatic hydroxyl groups is 1. The van der Waals surface area contributed by atoms with Crippen molar-refractivity contribution in [2.24, 2.45) is 0 Å². The molecule has 0 aliphatic heterocycles. The molecule has 108 valence electrons. The number of amides is 1. The molecular formula is C15H19NO4. The lowest BCUT2D eigenvalue weighted by Crippen LogP contribution is -2.47. The van der Waals surface area contributed by atoms with E-state index in [1.807, 2.05) is 30.3 Å². The van der Waals surface area contributed by atoms with Crippen LogP contribution in [0.15, 0.2) is 36.4 Å². The number of aliphatic hydroxyl groups excluding tert-OH is 1. The number of ether oxygens (including phenoxy) is 2. The normalized spacial score (nSPS) is 25.1. The van der Waals surface area contributed by atoms with Crippen LogP contribution in [-0.2, 0) is 4.74 Å². The predicted octanol–water partition coefficient (Wildman–Crippen LogP) is 1.82. The van der Waals surface area contributed by atoms with Crippen LogP contribution in [0.3, 0.4) is 0 Å². The number of hydrogen-bond donors (Lipinski definition) is 2. The van der Waals surface area contributed by atoms with Crippen LogP contribution in [0, 0.1) is 0 Å². The average molecular weight is 277 g/mol. The molecule has 0 spiro atoms. The molecule has 2 N–H and O–H groups in total. The third-order valence-corrected chi connectivity index (χ3v) is 3.52. The van der Waals surface area contributed by atoms with E-state index < -0.39 is 18.2 Å². The molecular weight excluding hydrogens is 258 g/mol. The molecule has 0 aromatic heterocycles. The second-order valence-electron chi connectivity index (χ2n) is 4.70. The van der Waals surface area contributed by atoms with Gasteiger partial charge in [0.1, 0.15) is 5.75 Å². The van der Waals surface area contributed by atoms with Crippen molar-refractivity contribution in [1.29, 1.82) is 0 Å². The zero-order valence-corrected chi connectivity index (χ0v) is 11.6. The van der Waals surface area contributed by atoms with Gasteiger partial charge in [0.2, 0.25) is 0 Å². The molecule has 0 saturated carbocycles. The third kappa shape index (κ3) is 3.11. The van der Waals surface area contributed by atoms with Gasteiger partial charge in [-0.25, -0.2) is 4.79 Å². The van der Waals surface area contributed by atoms with Crippen molar-refractivity contribution in [3.05, 3.63) is 42.0 Å². The Kier molecular flexibility index (Phi) is 4.63. The van der Waals surface area contributed by atoms with E-state index in [0.29, 0.717) is 0 Å². The van der Waals surface area contributed by atoms with Crippen molar-refractivity contribution < 1.29 is 19.4 Å². The Labute approximate surface area is 118 Å². The number of allylic oxidation sites excluding steroid dienone is 1. The average Bonchev–Trinajstić information content (AvgIpc) is 2.49. The number of rotatable bonds is 3. The van der Waals surface area contributed by atoms with Gasteiger partial charge in [0.25, 0.3) is 0 Å². The van der Waals surface area contributed by atoms with E-state index in [-0.39, 0.29) is 5.92 Å². The van der Waals surface area contributed by atoms with Gasteiger partial charge in [0.15, 0.2) is 0 Å². The molecule has 0 fully saturated rings. The molecule has 0 bridgehead atoms. The van der Waals surface area contributed by atoms with Crippen LogP contribution in [0.2, 0.25) is 0 Å². The third-order valence-electron chi connectivity index (χ3n) is 3.52. The van der Waals surface area contributed by atoms with Gasteiger partial charge < -0.3 is 19.9 Å². The van der Waals surface area contributed by atoms with Gasteiger partial charge in [-0.15, -0.1) is 0 Å². The standard InChI is InChI=1S/C15H19NO4/c1-19-11-6-3-5-10(9-11)12-7-4-8-13(17)14(12)16-15(18)20-2/h3-6,8-9,12-14,17H,7H2,1-2H3,(H,16,18)/t12-,13-,14-/m1/s1. The number of alkyl carbamates (subject to hydrolysis) is 1. The fourth-order valence-electron chi connectivity index (χ4n) is 2.47. The molecule has 0 radical (unpaired) electrons. The van der Waals surface area contributed by atoms with Crippen LogP contribution in [0.1, 0.15) is 17.9 Å². The van der Waals surface area contributed by atoms with E-state index in [1.165, 1.54) is 7.11 Å². The Morgan fingerprint density at radius 3 is 2.90 bits per heavy atom. The van der Waals surface area contributed by atoms with Gasteiger partial charge in [-0.3, -0.25) is 0 Å². The number of hydrogen-bond acceptors (Lipinski definition) is 4. The van der Waals surface area contributed by atoms with Gasteiger partial charge in [0, 0.05) is 5.92 Å². The summed E-state index contributed by atoms with van der Waals surface area (Å²) in [6.07, 6.45) is 3.07. The van der Waals surface area contributed by atoms with Crippen LogP contribution in [0.5, 0.6) is 5.75 Å². The molecule has 1 amide bonds. The smallest absolute Gasteiger partial charge is 0.407 e. The highest BCUT2D eigenvalue weighted by molar-refractivity contribution is 5.67. The van der Waals surface area contributed by atoms with Crippen LogP contribution in [0.25, 0.3) is 0 Å².